The lowest BCUT2D eigenvalue weighted by Crippen LogP contribution is -2.30. The fourth-order valence-electron chi connectivity index (χ4n) is 2.23. The highest BCUT2D eigenvalue weighted by Gasteiger charge is 2.30. The number of nitrogens with two attached hydrogens (primary N) is 1. The molecule has 0 bridgehead atoms. The largest absolute Gasteiger partial charge is 0.364 e. The Morgan fingerprint density at radius 3 is 2.78 bits per heavy atom. The van der Waals surface area contributed by atoms with Crippen LogP contribution in [0.4, 0.5) is 5.69 Å². The number of amides is 1. The van der Waals surface area contributed by atoms with Crippen molar-refractivity contribution in [2.45, 2.75) is 38.9 Å². The Kier molecular flexibility index (Phi) is 3.68. The number of hydrogen-bond acceptors (Lipinski definition) is 4. The van der Waals surface area contributed by atoms with E-state index in [1.54, 1.807) is 4.68 Å². The van der Waals surface area contributed by atoms with Crippen LogP contribution in [0.1, 0.15) is 24.2 Å². The highest BCUT2D eigenvalue weighted by atomic mass is 16.5. The van der Waals surface area contributed by atoms with Gasteiger partial charge in [-0.15, -0.1) is 0 Å². The molecule has 3 N–H and O–H groups in total. The van der Waals surface area contributed by atoms with Gasteiger partial charge >= 0.3 is 0 Å². The number of hydrogen-bond donors (Lipinski definition) is 2. The molecule has 1 aromatic rings. The number of nitrogens with zero attached hydrogens (tertiary/aromatic N) is 2. The molecular weight excluding hydrogens is 232 g/mol. The Hall–Kier alpha value is -1.40. The van der Waals surface area contributed by atoms with Gasteiger partial charge in [0.2, 0.25) is 0 Å². The summed E-state index contributed by atoms with van der Waals surface area (Å²) in [7, 11) is 1.86. The van der Waals surface area contributed by atoms with Gasteiger partial charge < -0.3 is 15.8 Å². The molecular formula is C12H20N4O2. The van der Waals surface area contributed by atoms with Crippen molar-refractivity contribution in [1.29, 1.82) is 0 Å². The zero-order valence-electron chi connectivity index (χ0n) is 11.1. The van der Waals surface area contributed by atoms with Gasteiger partial charge in [-0.3, -0.25) is 9.48 Å². The van der Waals surface area contributed by atoms with Crippen LogP contribution in [0, 0.1) is 13.8 Å². The highest BCUT2D eigenvalue weighted by Crippen LogP contribution is 2.23. The Morgan fingerprint density at radius 1 is 1.56 bits per heavy atom. The van der Waals surface area contributed by atoms with Crippen LogP contribution >= 0.6 is 0 Å². The Balaban J connectivity index is 2.03. The van der Waals surface area contributed by atoms with Crippen LogP contribution in [0.25, 0.3) is 0 Å². The molecule has 1 amide bonds. The molecule has 2 rings (SSSR count). The maximum Gasteiger partial charge on any atom is 0.253 e. The van der Waals surface area contributed by atoms with E-state index in [9.17, 15) is 4.79 Å². The summed E-state index contributed by atoms with van der Waals surface area (Å²) >= 11 is 0. The van der Waals surface area contributed by atoms with Crippen molar-refractivity contribution < 1.29 is 9.53 Å². The summed E-state index contributed by atoms with van der Waals surface area (Å²) in [6.07, 6.45) is 1.19. The van der Waals surface area contributed by atoms with E-state index in [0.29, 0.717) is 6.54 Å². The maximum atomic E-state index is 12.1. The molecule has 0 spiro atoms. The quantitative estimate of drug-likeness (QED) is 0.820. The van der Waals surface area contributed by atoms with Gasteiger partial charge in [-0.1, -0.05) is 0 Å². The van der Waals surface area contributed by atoms with Gasteiger partial charge in [0.25, 0.3) is 5.91 Å². The van der Waals surface area contributed by atoms with Crippen LogP contribution in [0.15, 0.2) is 0 Å². The summed E-state index contributed by atoms with van der Waals surface area (Å²) in [6, 6.07) is 0. The lowest BCUT2D eigenvalue weighted by molar-refractivity contribution is -0.126. The molecule has 0 aromatic carbocycles. The van der Waals surface area contributed by atoms with Crippen LogP contribution in [0.5, 0.6) is 0 Å². The molecule has 0 saturated carbocycles. The average molecular weight is 252 g/mol. The Morgan fingerprint density at radius 2 is 2.28 bits per heavy atom. The number of carbonyl (C=O) groups is 1. The predicted octanol–water partition coefficient (Wildman–Crippen LogP) is 0.482. The van der Waals surface area contributed by atoms with Gasteiger partial charge in [-0.2, -0.15) is 5.10 Å². The first-order valence-electron chi connectivity index (χ1n) is 6.19. The molecule has 6 nitrogen and oxygen atoms in total. The van der Waals surface area contributed by atoms with E-state index in [2.05, 4.69) is 10.4 Å². The van der Waals surface area contributed by atoms with E-state index in [4.69, 9.17) is 10.5 Å². The first kappa shape index (κ1) is 13.0. The second kappa shape index (κ2) is 5.07. The van der Waals surface area contributed by atoms with Crippen LogP contribution in [0.3, 0.4) is 0 Å². The van der Waals surface area contributed by atoms with Gasteiger partial charge in [-0.05, 0) is 26.7 Å². The van der Waals surface area contributed by atoms with Crippen LogP contribution in [0.2, 0.25) is 0 Å². The Labute approximate surface area is 106 Å². The van der Waals surface area contributed by atoms with Crippen molar-refractivity contribution in [3.63, 3.8) is 0 Å². The molecule has 100 valence electrons. The highest BCUT2D eigenvalue weighted by molar-refractivity contribution is 5.95. The zero-order chi connectivity index (χ0) is 13.3. The summed E-state index contributed by atoms with van der Waals surface area (Å²) in [6.45, 7) is 4.27. The molecule has 1 aliphatic rings. The predicted molar refractivity (Wildman–Crippen MR) is 68.3 cm³/mol. The normalized spacial score (nSPS) is 23.3. The minimum absolute atomic E-state index is 0.0110. The van der Waals surface area contributed by atoms with Crippen LogP contribution < -0.4 is 11.1 Å². The minimum Gasteiger partial charge on any atom is -0.364 e. The molecule has 2 atom stereocenters. The molecule has 0 aliphatic carbocycles. The number of anilines is 1. The molecule has 1 fully saturated rings. The Bertz CT molecular complexity index is 455. The zero-order valence-corrected chi connectivity index (χ0v) is 11.1. The van der Waals surface area contributed by atoms with Crippen molar-refractivity contribution in [1.82, 2.24) is 9.78 Å². The van der Waals surface area contributed by atoms with Crippen molar-refractivity contribution in [2.75, 3.05) is 11.9 Å². The van der Waals surface area contributed by atoms with Gasteiger partial charge in [0, 0.05) is 13.6 Å². The summed E-state index contributed by atoms with van der Waals surface area (Å²) in [5.74, 6) is -0.106. The van der Waals surface area contributed by atoms with Gasteiger partial charge in [0.05, 0.1) is 23.2 Å². The summed E-state index contributed by atoms with van der Waals surface area (Å²) < 4.78 is 7.32. The minimum atomic E-state index is -0.391. The maximum absolute atomic E-state index is 12.1. The first-order valence-corrected chi connectivity index (χ1v) is 6.19. The van der Waals surface area contributed by atoms with Gasteiger partial charge in [0.15, 0.2) is 0 Å². The topological polar surface area (TPSA) is 82.2 Å². The summed E-state index contributed by atoms with van der Waals surface area (Å²) in [5, 5.41) is 7.16. The number of carbonyl (C=O) groups excluding carboxylic acids is 1. The van der Waals surface area contributed by atoms with Crippen molar-refractivity contribution in [3.8, 4) is 0 Å². The molecule has 2 heterocycles. The second-order valence-corrected chi connectivity index (χ2v) is 4.72. The second-order valence-electron chi connectivity index (χ2n) is 4.72. The van der Waals surface area contributed by atoms with E-state index < -0.39 is 6.10 Å². The van der Waals surface area contributed by atoms with Gasteiger partial charge in [-0.25, -0.2) is 0 Å². The lowest BCUT2D eigenvalue weighted by atomic mass is 10.2. The number of nitrogens with one attached hydrogen (secondary N) is 1. The standard InChI is InChI=1S/C12H20N4O2/c1-7-11(8(2)16(3)15-7)14-12(17)10-5-4-9(6-13)18-10/h9-10H,4-6,13H2,1-3H3,(H,14,17). The molecule has 1 aliphatic heterocycles. The SMILES string of the molecule is Cc1nn(C)c(C)c1NC(=O)C1CCC(CN)O1. The first-order chi connectivity index (χ1) is 8.52. The summed E-state index contributed by atoms with van der Waals surface area (Å²) in [5.41, 5.74) is 8.07. The van der Waals surface area contributed by atoms with E-state index in [1.165, 1.54) is 0 Å². The summed E-state index contributed by atoms with van der Waals surface area (Å²) in [4.78, 5) is 12.1. The molecule has 0 radical (unpaired) electrons. The van der Waals surface area contributed by atoms with Crippen LogP contribution in [-0.2, 0) is 16.6 Å². The van der Waals surface area contributed by atoms with Crippen LogP contribution in [-0.4, -0.2) is 34.4 Å². The molecule has 1 aromatic heterocycles. The number of rotatable bonds is 3. The average Bonchev–Trinajstić information content (AvgIpc) is 2.90. The van der Waals surface area contributed by atoms with Gasteiger partial charge in [0.1, 0.15) is 6.10 Å². The third-order valence-electron chi connectivity index (χ3n) is 3.42. The van der Waals surface area contributed by atoms with E-state index >= 15 is 0 Å². The number of aromatic nitrogens is 2. The number of ether oxygens (including phenoxy) is 1. The van der Waals surface area contributed by atoms with E-state index in [1.807, 2.05) is 20.9 Å². The fourth-order valence-corrected chi connectivity index (χ4v) is 2.23. The molecule has 1 saturated heterocycles. The van der Waals surface area contributed by atoms with Crippen molar-refractivity contribution in [2.24, 2.45) is 12.8 Å². The molecule has 6 heteroatoms. The third-order valence-corrected chi connectivity index (χ3v) is 3.42. The lowest BCUT2D eigenvalue weighted by Gasteiger charge is -2.12. The van der Waals surface area contributed by atoms with E-state index in [-0.39, 0.29) is 12.0 Å². The van der Waals surface area contributed by atoms with Crippen molar-refractivity contribution >= 4 is 11.6 Å². The molecule has 18 heavy (non-hydrogen) atoms. The smallest absolute Gasteiger partial charge is 0.253 e. The number of aryl methyl sites for hydroxylation is 2. The van der Waals surface area contributed by atoms with Crippen molar-refractivity contribution in [3.05, 3.63) is 11.4 Å². The fraction of sp³-hybridized carbons (Fsp3) is 0.667. The third kappa shape index (κ3) is 2.39. The monoisotopic (exact) mass is 252 g/mol. The molecule has 2 unspecified atom stereocenters. The van der Waals surface area contributed by atoms with E-state index in [0.717, 1.165) is 29.9 Å².